The first-order valence-electron chi connectivity index (χ1n) is 6.88. The summed E-state index contributed by atoms with van der Waals surface area (Å²) in [5, 5.41) is 0. The minimum Gasteiger partial charge on any atom is -0.299 e. The Morgan fingerprint density at radius 2 is 1.50 bits per heavy atom. The average Bonchev–Trinajstić information content (AvgIpc) is 2.54. The Morgan fingerprint density at radius 1 is 0.900 bits per heavy atom. The summed E-state index contributed by atoms with van der Waals surface area (Å²) in [6, 6.07) is 17.1. The number of rotatable bonds is 2. The first kappa shape index (κ1) is 11.4. The number of hydrogen-bond donors (Lipinski definition) is 0. The van der Waals surface area contributed by atoms with Gasteiger partial charge in [-0.15, -0.1) is 0 Å². The molecule has 0 aliphatic heterocycles. The van der Waals surface area contributed by atoms with E-state index in [0.29, 0.717) is 5.92 Å². The molecule has 0 saturated carbocycles. The summed E-state index contributed by atoms with van der Waals surface area (Å²) in [4.78, 5) is 10.8. The number of aldehydes is 1. The molecule has 0 radical (unpaired) electrons. The molecule has 0 spiro atoms. The van der Waals surface area contributed by atoms with E-state index in [9.17, 15) is 4.79 Å². The van der Waals surface area contributed by atoms with Crippen LogP contribution in [-0.4, -0.2) is 6.29 Å². The Morgan fingerprint density at radius 3 is 2.10 bits per heavy atom. The molecule has 0 aromatic heterocycles. The van der Waals surface area contributed by atoms with Gasteiger partial charge in [-0.2, -0.15) is 0 Å². The van der Waals surface area contributed by atoms with Crippen molar-refractivity contribution in [3.05, 3.63) is 95.1 Å². The molecule has 1 heteroatoms. The van der Waals surface area contributed by atoms with Crippen LogP contribution in [0.4, 0.5) is 0 Å². The maximum absolute atomic E-state index is 10.8. The summed E-state index contributed by atoms with van der Waals surface area (Å²) < 4.78 is 0. The molecule has 20 heavy (non-hydrogen) atoms. The predicted octanol–water partition coefficient (Wildman–Crippen LogP) is 3.74. The molecule has 5 rings (SSSR count). The Kier molecular flexibility index (Phi) is 2.31. The molecule has 1 nitrogen and oxygen atoms in total. The molecule has 0 atom stereocenters. The molecule has 3 aliphatic carbocycles. The van der Waals surface area contributed by atoms with Gasteiger partial charge in [0.1, 0.15) is 6.29 Å². The molecule has 0 N–H and O–H groups in total. The van der Waals surface area contributed by atoms with E-state index >= 15 is 0 Å². The third-order valence-electron chi connectivity index (χ3n) is 4.47. The van der Waals surface area contributed by atoms with E-state index in [1.807, 2.05) is 6.08 Å². The summed E-state index contributed by atoms with van der Waals surface area (Å²) in [7, 11) is 0. The first-order valence-corrected chi connectivity index (χ1v) is 6.88. The van der Waals surface area contributed by atoms with Crippen LogP contribution in [-0.2, 0) is 10.2 Å². The molecule has 0 amide bonds. The summed E-state index contributed by atoms with van der Waals surface area (Å²) in [5.41, 5.74) is 5.00. The van der Waals surface area contributed by atoms with Crippen molar-refractivity contribution in [2.45, 2.75) is 11.3 Å². The molecule has 0 heterocycles. The van der Waals surface area contributed by atoms with Gasteiger partial charge in [0.25, 0.3) is 0 Å². The molecule has 2 bridgehead atoms. The largest absolute Gasteiger partial charge is 0.299 e. The van der Waals surface area contributed by atoms with Crippen LogP contribution >= 0.6 is 0 Å². The highest BCUT2D eigenvalue weighted by Gasteiger charge is 2.42. The number of allylic oxidation sites excluding steroid dienone is 4. The molecular weight excluding hydrogens is 244 g/mol. The standard InChI is InChI=1S/C19H14O/c20-13-5-11-19-12-10-14(15-6-1-3-8-17(15)19)16-7-2-4-9-18(16)19/h1-14H. The van der Waals surface area contributed by atoms with E-state index in [1.54, 1.807) is 6.08 Å². The van der Waals surface area contributed by atoms with Gasteiger partial charge in [0.05, 0.1) is 5.41 Å². The van der Waals surface area contributed by atoms with Gasteiger partial charge < -0.3 is 0 Å². The lowest BCUT2D eigenvalue weighted by atomic mass is 9.59. The van der Waals surface area contributed by atoms with Crippen molar-refractivity contribution in [2.75, 3.05) is 0 Å². The highest BCUT2D eigenvalue weighted by atomic mass is 16.1. The van der Waals surface area contributed by atoms with Crippen molar-refractivity contribution < 1.29 is 4.79 Å². The van der Waals surface area contributed by atoms with Crippen LogP contribution in [0.5, 0.6) is 0 Å². The third-order valence-corrected chi connectivity index (χ3v) is 4.47. The highest BCUT2D eigenvalue weighted by Crippen LogP contribution is 2.52. The maximum Gasteiger partial charge on any atom is 0.142 e. The lowest BCUT2D eigenvalue weighted by Gasteiger charge is -2.43. The van der Waals surface area contributed by atoms with Crippen LogP contribution in [0.1, 0.15) is 28.2 Å². The second kappa shape index (κ2) is 4.04. The molecule has 0 saturated heterocycles. The van der Waals surface area contributed by atoms with Crippen LogP contribution in [0.2, 0.25) is 0 Å². The fraction of sp³-hybridized carbons (Fsp3) is 0.105. The third kappa shape index (κ3) is 1.30. The summed E-state index contributed by atoms with van der Waals surface area (Å²) in [6.45, 7) is 0. The molecule has 0 unspecified atom stereocenters. The van der Waals surface area contributed by atoms with Crippen molar-refractivity contribution in [3.8, 4) is 0 Å². The molecule has 2 aromatic rings. The first-order chi connectivity index (χ1) is 9.87. The highest BCUT2D eigenvalue weighted by molar-refractivity contribution is 5.71. The van der Waals surface area contributed by atoms with E-state index < -0.39 is 0 Å². The van der Waals surface area contributed by atoms with Crippen molar-refractivity contribution >= 4 is 6.29 Å². The van der Waals surface area contributed by atoms with Gasteiger partial charge in [0.2, 0.25) is 0 Å². The predicted molar refractivity (Wildman–Crippen MR) is 79.9 cm³/mol. The molecule has 3 aliphatic rings. The SMILES string of the molecule is O=CC=CC12C=CC(c3ccccc31)c1ccccc12. The van der Waals surface area contributed by atoms with Gasteiger partial charge >= 0.3 is 0 Å². The maximum atomic E-state index is 10.8. The van der Waals surface area contributed by atoms with Crippen LogP contribution in [0.3, 0.4) is 0 Å². The Labute approximate surface area is 118 Å². The molecule has 0 fully saturated rings. The van der Waals surface area contributed by atoms with Crippen LogP contribution in [0, 0.1) is 0 Å². The average molecular weight is 258 g/mol. The van der Waals surface area contributed by atoms with Crippen LogP contribution in [0.25, 0.3) is 0 Å². The van der Waals surface area contributed by atoms with Crippen molar-refractivity contribution in [1.29, 1.82) is 0 Å². The molecular formula is C19H14O. The van der Waals surface area contributed by atoms with Gasteiger partial charge in [-0.25, -0.2) is 0 Å². The smallest absolute Gasteiger partial charge is 0.142 e. The Balaban J connectivity index is 2.09. The zero-order valence-corrected chi connectivity index (χ0v) is 11.0. The monoisotopic (exact) mass is 258 g/mol. The van der Waals surface area contributed by atoms with Crippen LogP contribution in [0.15, 0.2) is 72.8 Å². The second-order valence-corrected chi connectivity index (χ2v) is 5.38. The van der Waals surface area contributed by atoms with Gasteiger partial charge in [-0.05, 0) is 28.3 Å². The molecule has 2 aromatic carbocycles. The summed E-state index contributed by atoms with van der Waals surface area (Å²) in [5.74, 6) is 0.342. The lowest BCUT2D eigenvalue weighted by Crippen LogP contribution is -2.34. The van der Waals surface area contributed by atoms with Gasteiger partial charge in [-0.3, -0.25) is 4.79 Å². The number of hydrogen-bond acceptors (Lipinski definition) is 1. The van der Waals surface area contributed by atoms with Crippen molar-refractivity contribution in [1.82, 2.24) is 0 Å². The normalized spacial score (nSPS) is 25.5. The zero-order valence-electron chi connectivity index (χ0n) is 11.0. The topological polar surface area (TPSA) is 17.1 Å². The summed E-state index contributed by atoms with van der Waals surface area (Å²) >= 11 is 0. The Hall–Kier alpha value is -2.41. The van der Waals surface area contributed by atoms with E-state index in [-0.39, 0.29) is 5.41 Å². The lowest BCUT2D eigenvalue weighted by molar-refractivity contribution is -0.104. The van der Waals surface area contributed by atoms with Crippen molar-refractivity contribution in [2.24, 2.45) is 0 Å². The minimum atomic E-state index is -0.289. The van der Waals surface area contributed by atoms with Crippen molar-refractivity contribution in [3.63, 3.8) is 0 Å². The van der Waals surface area contributed by atoms with E-state index in [1.165, 1.54) is 22.3 Å². The fourth-order valence-electron chi connectivity index (χ4n) is 3.66. The van der Waals surface area contributed by atoms with E-state index in [4.69, 9.17) is 0 Å². The van der Waals surface area contributed by atoms with Gasteiger partial charge in [0.15, 0.2) is 0 Å². The number of carbonyl (C=O) groups excluding carboxylic acids is 1. The Bertz CT molecular complexity index is 704. The van der Waals surface area contributed by atoms with E-state index in [2.05, 4.69) is 60.7 Å². The quantitative estimate of drug-likeness (QED) is 0.455. The molecule has 96 valence electrons. The zero-order chi connectivity index (χ0) is 13.6. The van der Waals surface area contributed by atoms with Crippen LogP contribution < -0.4 is 0 Å². The fourth-order valence-corrected chi connectivity index (χ4v) is 3.66. The summed E-state index contributed by atoms with van der Waals surface area (Å²) in [6.07, 6.45) is 8.99. The second-order valence-electron chi connectivity index (χ2n) is 5.38. The van der Waals surface area contributed by atoms with Gasteiger partial charge in [-0.1, -0.05) is 66.8 Å². The number of carbonyl (C=O) groups is 1. The number of benzene rings is 2. The van der Waals surface area contributed by atoms with E-state index in [0.717, 1.165) is 6.29 Å². The van der Waals surface area contributed by atoms with Gasteiger partial charge in [0, 0.05) is 5.92 Å². The minimum absolute atomic E-state index is 0.289.